The van der Waals surface area contributed by atoms with Gasteiger partial charge in [-0.15, -0.1) is 0 Å². The Morgan fingerprint density at radius 1 is 1.30 bits per heavy atom. The molecule has 0 aliphatic heterocycles. The van der Waals surface area contributed by atoms with Crippen molar-refractivity contribution in [3.63, 3.8) is 0 Å². The SMILES string of the molecule is CC[C@@H](C)Nc1nc(Nc2ccc(F)cc2Br)cc(C2CC2)n1. The number of aromatic nitrogens is 2. The standard InChI is InChI=1S/C17H20BrFN4/c1-3-10(2)20-17-22-15(11-4-5-11)9-16(23-17)21-14-7-6-12(19)8-13(14)18/h6-11H,3-5H2,1-2H3,(H2,20,21,22,23)/t10-/m1/s1. The molecule has 4 nitrogen and oxygen atoms in total. The molecule has 0 saturated heterocycles. The van der Waals surface area contributed by atoms with Crippen LogP contribution in [0.15, 0.2) is 28.7 Å². The van der Waals surface area contributed by atoms with Crippen molar-refractivity contribution in [1.29, 1.82) is 0 Å². The zero-order valence-electron chi connectivity index (χ0n) is 13.2. The van der Waals surface area contributed by atoms with Crippen molar-refractivity contribution in [3.05, 3.63) is 40.2 Å². The van der Waals surface area contributed by atoms with Crippen molar-refractivity contribution >= 4 is 33.4 Å². The second-order valence-corrected chi connectivity index (χ2v) is 6.83. The first-order valence-corrected chi connectivity index (χ1v) is 8.72. The number of nitrogens with one attached hydrogen (secondary N) is 2. The minimum atomic E-state index is -0.275. The maximum absolute atomic E-state index is 13.2. The molecule has 2 aromatic rings. The third-order valence-electron chi connectivity index (χ3n) is 3.92. The second-order valence-electron chi connectivity index (χ2n) is 5.98. The molecule has 122 valence electrons. The Kier molecular flexibility index (Phi) is 4.80. The van der Waals surface area contributed by atoms with Crippen molar-refractivity contribution in [1.82, 2.24) is 9.97 Å². The van der Waals surface area contributed by atoms with Crippen molar-refractivity contribution < 1.29 is 4.39 Å². The lowest BCUT2D eigenvalue weighted by atomic mass is 10.2. The van der Waals surface area contributed by atoms with E-state index in [0.29, 0.717) is 22.4 Å². The topological polar surface area (TPSA) is 49.8 Å². The van der Waals surface area contributed by atoms with Gasteiger partial charge in [0.05, 0.1) is 11.4 Å². The zero-order valence-corrected chi connectivity index (χ0v) is 14.8. The van der Waals surface area contributed by atoms with Crippen LogP contribution in [0.3, 0.4) is 0 Å². The second kappa shape index (κ2) is 6.83. The van der Waals surface area contributed by atoms with Crippen LogP contribution in [0.4, 0.5) is 21.8 Å². The van der Waals surface area contributed by atoms with E-state index in [4.69, 9.17) is 0 Å². The summed E-state index contributed by atoms with van der Waals surface area (Å²) in [5.41, 5.74) is 1.84. The fraction of sp³-hybridized carbons (Fsp3) is 0.412. The van der Waals surface area contributed by atoms with Gasteiger partial charge in [0.2, 0.25) is 5.95 Å². The Hall–Kier alpha value is -1.69. The molecule has 23 heavy (non-hydrogen) atoms. The largest absolute Gasteiger partial charge is 0.352 e. The highest BCUT2D eigenvalue weighted by atomic mass is 79.9. The third-order valence-corrected chi connectivity index (χ3v) is 4.58. The molecular weight excluding hydrogens is 359 g/mol. The van der Waals surface area contributed by atoms with Gasteiger partial charge in [-0.3, -0.25) is 0 Å². The molecule has 1 heterocycles. The summed E-state index contributed by atoms with van der Waals surface area (Å²) in [6.07, 6.45) is 3.36. The van der Waals surface area contributed by atoms with Crippen LogP contribution in [-0.2, 0) is 0 Å². The summed E-state index contributed by atoms with van der Waals surface area (Å²) in [6, 6.07) is 6.85. The fourth-order valence-corrected chi connectivity index (χ4v) is 2.68. The number of rotatable bonds is 6. The molecule has 1 fully saturated rings. The highest BCUT2D eigenvalue weighted by Crippen LogP contribution is 2.40. The Bertz CT molecular complexity index is 703. The van der Waals surface area contributed by atoms with E-state index in [1.165, 1.54) is 25.0 Å². The van der Waals surface area contributed by atoms with Crippen LogP contribution in [0.2, 0.25) is 0 Å². The third kappa shape index (κ3) is 4.19. The smallest absolute Gasteiger partial charge is 0.225 e. The van der Waals surface area contributed by atoms with Crippen molar-refractivity contribution in [2.45, 2.75) is 45.1 Å². The number of hydrogen-bond acceptors (Lipinski definition) is 4. The minimum Gasteiger partial charge on any atom is -0.352 e. The van der Waals surface area contributed by atoms with Gasteiger partial charge in [-0.05, 0) is 60.3 Å². The molecule has 1 aliphatic rings. The van der Waals surface area contributed by atoms with Crippen molar-refractivity contribution in [3.8, 4) is 0 Å². The van der Waals surface area contributed by atoms with Gasteiger partial charge in [0, 0.05) is 22.5 Å². The molecule has 3 rings (SSSR count). The molecule has 0 radical (unpaired) electrons. The van der Waals surface area contributed by atoms with Crippen LogP contribution < -0.4 is 10.6 Å². The molecule has 0 spiro atoms. The van der Waals surface area contributed by atoms with Crippen molar-refractivity contribution in [2.24, 2.45) is 0 Å². The van der Waals surface area contributed by atoms with Crippen LogP contribution in [0.1, 0.15) is 44.7 Å². The Balaban J connectivity index is 1.87. The molecule has 1 saturated carbocycles. The molecule has 0 unspecified atom stereocenters. The van der Waals surface area contributed by atoms with Crippen molar-refractivity contribution in [2.75, 3.05) is 10.6 Å². The van der Waals surface area contributed by atoms with Gasteiger partial charge < -0.3 is 10.6 Å². The molecule has 6 heteroatoms. The van der Waals surface area contributed by atoms with E-state index in [-0.39, 0.29) is 5.82 Å². The highest BCUT2D eigenvalue weighted by Gasteiger charge is 2.26. The molecule has 0 bridgehead atoms. The van der Waals surface area contributed by atoms with Gasteiger partial charge in [-0.2, -0.15) is 4.98 Å². The molecule has 1 atom stereocenters. The first kappa shape index (κ1) is 16.2. The minimum absolute atomic E-state index is 0.275. The molecule has 1 aromatic carbocycles. The van der Waals surface area contributed by atoms with Gasteiger partial charge in [-0.1, -0.05) is 6.92 Å². The van der Waals surface area contributed by atoms with E-state index in [1.54, 1.807) is 6.07 Å². The number of benzene rings is 1. The maximum Gasteiger partial charge on any atom is 0.225 e. The number of hydrogen-bond donors (Lipinski definition) is 2. The van der Waals surface area contributed by atoms with E-state index in [2.05, 4.69) is 50.4 Å². The quantitative estimate of drug-likeness (QED) is 0.724. The van der Waals surface area contributed by atoms with Crippen LogP contribution >= 0.6 is 15.9 Å². The van der Waals surface area contributed by atoms with Gasteiger partial charge in [0.1, 0.15) is 11.6 Å². The van der Waals surface area contributed by atoms with E-state index >= 15 is 0 Å². The highest BCUT2D eigenvalue weighted by molar-refractivity contribution is 9.10. The zero-order chi connectivity index (χ0) is 16.4. The van der Waals surface area contributed by atoms with E-state index < -0.39 is 0 Å². The van der Waals surface area contributed by atoms with Crippen LogP contribution in [-0.4, -0.2) is 16.0 Å². The van der Waals surface area contributed by atoms with Gasteiger partial charge in [0.25, 0.3) is 0 Å². The lowest BCUT2D eigenvalue weighted by Gasteiger charge is -2.15. The average Bonchev–Trinajstić information content (AvgIpc) is 3.34. The van der Waals surface area contributed by atoms with E-state index in [0.717, 1.165) is 23.6 Å². The summed E-state index contributed by atoms with van der Waals surface area (Å²) in [4.78, 5) is 9.17. The Morgan fingerprint density at radius 2 is 2.09 bits per heavy atom. The first-order valence-electron chi connectivity index (χ1n) is 7.92. The number of nitrogens with zero attached hydrogens (tertiary/aromatic N) is 2. The fourth-order valence-electron chi connectivity index (χ4n) is 2.23. The molecular formula is C17H20BrFN4. The average molecular weight is 379 g/mol. The van der Waals surface area contributed by atoms with Crippen LogP contribution in [0, 0.1) is 5.82 Å². The first-order chi connectivity index (χ1) is 11.0. The summed E-state index contributed by atoms with van der Waals surface area (Å²) in [7, 11) is 0. The lowest BCUT2D eigenvalue weighted by Crippen LogP contribution is -2.16. The summed E-state index contributed by atoms with van der Waals surface area (Å²) < 4.78 is 13.9. The van der Waals surface area contributed by atoms with Crippen LogP contribution in [0.25, 0.3) is 0 Å². The lowest BCUT2D eigenvalue weighted by molar-refractivity contribution is 0.627. The molecule has 0 amide bonds. The summed E-state index contributed by atoms with van der Waals surface area (Å²) in [5.74, 6) is 1.63. The predicted molar refractivity (Wildman–Crippen MR) is 94.8 cm³/mol. The van der Waals surface area contributed by atoms with Crippen LogP contribution in [0.5, 0.6) is 0 Å². The summed E-state index contributed by atoms with van der Waals surface area (Å²) in [6.45, 7) is 4.23. The van der Waals surface area contributed by atoms with E-state index in [9.17, 15) is 4.39 Å². The molecule has 2 N–H and O–H groups in total. The molecule has 1 aliphatic carbocycles. The van der Waals surface area contributed by atoms with E-state index in [1.807, 2.05) is 6.07 Å². The monoisotopic (exact) mass is 378 g/mol. The maximum atomic E-state index is 13.2. The summed E-state index contributed by atoms with van der Waals surface area (Å²) >= 11 is 3.37. The van der Waals surface area contributed by atoms with Gasteiger partial charge in [-0.25, -0.2) is 9.37 Å². The number of anilines is 3. The summed E-state index contributed by atoms with van der Waals surface area (Å²) in [5, 5.41) is 6.58. The normalized spacial score (nSPS) is 15.3. The van der Waals surface area contributed by atoms with Gasteiger partial charge in [0.15, 0.2) is 0 Å². The molecule has 1 aromatic heterocycles. The number of halogens is 2. The van der Waals surface area contributed by atoms with Gasteiger partial charge >= 0.3 is 0 Å². The Morgan fingerprint density at radius 3 is 2.74 bits per heavy atom. The Labute approximate surface area is 144 Å². The predicted octanol–water partition coefficient (Wildman–Crippen LogP) is 5.21.